The number of aryl methyl sites for hydroxylation is 1. The highest BCUT2D eigenvalue weighted by Crippen LogP contribution is 2.19. The van der Waals surface area contributed by atoms with Crippen LogP contribution in [0.4, 0.5) is 0 Å². The van der Waals surface area contributed by atoms with Crippen molar-refractivity contribution in [3.8, 4) is 0 Å². The van der Waals surface area contributed by atoms with Crippen molar-refractivity contribution in [2.45, 2.75) is 45.4 Å². The molecular formula is C16H21N. The normalized spacial score (nSPS) is 10.9. The van der Waals surface area contributed by atoms with Gasteiger partial charge in [0, 0.05) is 17.8 Å². The van der Waals surface area contributed by atoms with Crippen molar-refractivity contribution in [1.29, 1.82) is 0 Å². The molecule has 0 fully saturated rings. The van der Waals surface area contributed by atoms with Crippen molar-refractivity contribution in [3.05, 3.63) is 42.2 Å². The summed E-state index contributed by atoms with van der Waals surface area (Å²) in [6.45, 7) is 2.26. The van der Waals surface area contributed by atoms with Crippen molar-refractivity contribution in [2.24, 2.45) is 0 Å². The Kier molecular flexibility index (Phi) is 4.54. The highest BCUT2D eigenvalue weighted by molar-refractivity contribution is 5.84. The van der Waals surface area contributed by atoms with Gasteiger partial charge >= 0.3 is 0 Å². The summed E-state index contributed by atoms with van der Waals surface area (Å²) in [5, 5.41) is 2.64. The van der Waals surface area contributed by atoms with E-state index in [1.54, 1.807) is 0 Å². The number of aromatic nitrogens is 1. The molecule has 0 saturated heterocycles. The van der Waals surface area contributed by atoms with Gasteiger partial charge in [-0.25, -0.2) is 0 Å². The van der Waals surface area contributed by atoms with Crippen LogP contribution in [0.1, 0.15) is 44.6 Å². The zero-order valence-corrected chi connectivity index (χ0v) is 10.7. The van der Waals surface area contributed by atoms with Crippen molar-refractivity contribution >= 4 is 10.8 Å². The van der Waals surface area contributed by atoms with E-state index >= 15 is 0 Å². The second-order valence-corrected chi connectivity index (χ2v) is 4.68. The number of nitrogens with zero attached hydrogens (tertiary/aromatic N) is 1. The summed E-state index contributed by atoms with van der Waals surface area (Å²) in [5.74, 6) is 0. The average molecular weight is 227 g/mol. The Bertz CT molecular complexity index is 457. The molecule has 2 rings (SSSR count). The first-order valence-corrected chi connectivity index (χ1v) is 6.73. The molecule has 0 aliphatic carbocycles. The fraction of sp³-hybridized carbons (Fsp3) is 0.438. The van der Waals surface area contributed by atoms with Gasteiger partial charge in [-0.05, 0) is 23.8 Å². The topological polar surface area (TPSA) is 12.9 Å². The molecule has 0 unspecified atom stereocenters. The standard InChI is InChI=1S/C16H21N/c1-2-3-4-5-6-9-14-12-17-13-15-10-7-8-11-16(14)15/h7-8,10-13H,2-6,9H2,1H3. The second kappa shape index (κ2) is 6.39. The third kappa shape index (κ3) is 3.29. The molecule has 17 heavy (non-hydrogen) atoms. The van der Waals surface area contributed by atoms with Crippen LogP contribution in [-0.2, 0) is 6.42 Å². The lowest BCUT2D eigenvalue weighted by molar-refractivity contribution is 0.633. The molecule has 0 N–H and O–H groups in total. The summed E-state index contributed by atoms with van der Waals surface area (Å²) in [7, 11) is 0. The molecule has 90 valence electrons. The fourth-order valence-corrected chi connectivity index (χ4v) is 2.30. The first-order valence-electron chi connectivity index (χ1n) is 6.73. The third-order valence-corrected chi connectivity index (χ3v) is 3.30. The fourth-order valence-electron chi connectivity index (χ4n) is 2.30. The summed E-state index contributed by atoms with van der Waals surface area (Å²) >= 11 is 0. The van der Waals surface area contributed by atoms with E-state index < -0.39 is 0 Å². The summed E-state index contributed by atoms with van der Waals surface area (Å²) in [4.78, 5) is 4.33. The predicted octanol–water partition coefficient (Wildman–Crippen LogP) is 4.75. The van der Waals surface area contributed by atoms with Gasteiger partial charge in [0.1, 0.15) is 0 Å². The van der Waals surface area contributed by atoms with Crippen LogP contribution in [0.2, 0.25) is 0 Å². The first-order chi connectivity index (χ1) is 8.42. The van der Waals surface area contributed by atoms with Crippen LogP contribution in [0.15, 0.2) is 36.7 Å². The quantitative estimate of drug-likeness (QED) is 0.649. The summed E-state index contributed by atoms with van der Waals surface area (Å²) in [5.41, 5.74) is 1.40. The molecular weight excluding hydrogens is 206 g/mol. The molecule has 0 bridgehead atoms. The molecule has 0 saturated carbocycles. The van der Waals surface area contributed by atoms with Crippen molar-refractivity contribution < 1.29 is 0 Å². The first kappa shape index (κ1) is 12.1. The van der Waals surface area contributed by atoms with Crippen LogP contribution in [0.3, 0.4) is 0 Å². The van der Waals surface area contributed by atoms with E-state index in [1.165, 1.54) is 48.4 Å². The monoisotopic (exact) mass is 227 g/mol. The molecule has 1 aromatic carbocycles. The Morgan fingerprint density at radius 2 is 1.76 bits per heavy atom. The second-order valence-electron chi connectivity index (χ2n) is 4.68. The van der Waals surface area contributed by atoms with E-state index in [9.17, 15) is 0 Å². The van der Waals surface area contributed by atoms with E-state index in [-0.39, 0.29) is 0 Å². The van der Waals surface area contributed by atoms with Crippen LogP contribution in [-0.4, -0.2) is 4.98 Å². The van der Waals surface area contributed by atoms with Crippen LogP contribution in [0.5, 0.6) is 0 Å². The lowest BCUT2D eigenvalue weighted by Gasteiger charge is -2.05. The number of hydrogen-bond donors (Lipinski definition) is 0. The minimum absolute atomic E-state index is 1.16. The smallest absolute Gasteiger partial charge is 0.0346 e. The molecule has 0 radical (unpaired) electrons. The number of rotatable bonds is 6. The van der Waals surface area contributed by atoms with Crippen LogP contribution in [0, 0.1) is 0 Å². The van der Waals surface area contributed by atoms with Gasteiger partial charge in [-0.3, -0.25) is 4.98 Å². The van der Waals surface area contributed by atoms with Crippen molar-refractivity contribution in [2.75, 3.05) is 0 Å². The average Bonchev–Trinajstić information content (AvgIpc) is 2.39. The maximum absolute atomic E-state index is 4.33. The Balaban J connectivity index is 1.98. The molecule has 0 atom stereocenters. The number of hydrogen-bond acceptors (Lipinski definition) is 1. The summed E-state index contributed by atoms with van der Waals surface area (Å²) in [6.07, 6.45) is 11.8. The Morgan fingerprint density at radius 1 is 0.941 bits per heavy atom. The molecule has 1 aromatic heterocycles. The minimum Gasteiger partial charge on any atom is -0.264 e. The van der Waals surface area contributed by atoms with Crippen molar-refractivity contribution in [3.63, 3.8) is 0 Å². The lowest BCUT2D eigenvalue weighted by atomic mass is 10.0. The molecule has 1 nitrogen and oxygen atoms in total. The van der Waals surface area contributed by atoms with E-state index in [0.29, 0.717) is 0 Å². The van der Waals surface area contributed by atoms with Crippen LogP contribution in [0.25, 0.3) is 10.8 Å². The molecule has 0 aliphatic rings. The third-order valence-electron chi connectivity index (χ3n) is 3.30. The molecule has 0 aliphatic heterocycles. The molecule has 2 aromatic rings. The van der Waals surface area contributed by atoms with E-state index in [4.69, 9.17) is 0 Å². The minimum atomic E-state index is 1.16. The number of unbranched alkanes of at least 4 members (excludes halogenated alkanes) is 4. The Hall–Kier alpha value is -1.37. The zero-order chi connectivity index (χ0) is 11.9. The van der Waals surface area contributed by atoms with Gasteiger partial charge in [0.25, 0.3) is 0 Å². The molecule has 0 spiro atoms. The highest BCUT2D eigenvalue weighted by atomic mass is 14.6. The highest BCUT2D eigenvalue weighted by Gasteiger charge is 2.00. The van der Waals surface area contributed by atoms with Gasteiger partial charge < -0.3 is 0 Å². The van der Waals surface area contributed by atoms with E-state index in [1.807, 2.05) is 12.4 Å². The lowest BCUT2D eigenvalue weighted by Crippen LogP contribution is -1.89. The van der Waals surface area contributed by atoms with Crippen LogP contribution < -0.4 is 0 Å². The Morgan fingerprint density at radius 3 is 2.65 bits per heavy atom. The SMILES string of the molecule is CCCCCCCc1cncc2ccccc12. The predicted molar refractivity (Wildman–Crippen MR) is 74.2 cm³/mol. The van der Waals surface area contributed by atoms with Gasteiger partial charge in [-0.1, -0.05) is 56.9 Å². The molecule has 1 heterocycles. The number of pyridine rings is 1. The maximum atomic E-state index is 4.33. The summed E-state index contributed by atoms with van der Waals surface area (Å²) < 4.78 is 0. The maximum Gasteiger partial charge on any atom is 0.0346 e. The van der Waals surface area contributed by atoms with Crippen molar-refractivity contribution in [1.82, 2.24) is 4.98 Å². The van der Waals surface area contributed by atoms with Gasteiger partial charge in [0.15, 0.2) is 0 Å². The number of benzene rings is 1. The zero-order valence-electron chi connectivity index (χ0n) is 10.7. The van der Waals surface area contributed by atoms with E-state index in [0.717, 1.165) is 6.42 Å². The molecule has 1 heteroatoms. The van der Waals surface area contributed by atoms with Crippen LogP contribution >= 0.6 is 0 Å². The molecule has 0 amide bonds. The van der Waals surface area contributed by atoms with Gasteiger partial charge in [0.05, 0.1) is 0 Å². The van der Waals surface area contributed by atoms with E-state index in [2.05, 4.69) is 36.2 Å². The van der Waals surface area contributed by atoms with Gasteiger partial charge in [-0.15, -0.1) is 0 Å². The van der Waals surface area contributed by atoms with Gasteiger partial charge in [-0.2, -0.15) is 0 Å². The van der Waals surface area contributed by atoms with Gasteiger partial charge in [0.2, 0.25) is 0 Å². The number of fused-ring (bicyclic) bond motifs is 1. The Labute approximate surface area is 104 Å². The largest absolute Gasteiger partial charge is 0.264 e. The summed E-state index contributed by atoms with van der Waals surface area (Å²) in [6, 6.07) is 8.54.